The van der Waals surface area contributed by atoms with E-state index in [4.69, 9.17) is 5.73 Å². The second kappa shape index (κ2) is 2.74. The largest absolute Gasteiger partial charge is 0.399 e. The Balaban J connectivity index is 2.20. The van der Waals surface area contributed by atoms with Crippen LogP contribution < -0.4 is 5.73 Å². The van der Waals surface area contributed by atoms with Crippen LogP contribution in [-0.4, -0.2) is 0 Å². The van der Waals surface area contributed by atoms with E-state index in [0.717, 1.165) is 11.3 Å². The van der Waals surface area contributed by atoms with Gasteiger partial charge in [0.1, 0.15) is 0 Å². The van der Waals surface area contributed by atoms with E-state index in [2.05, 4.69) is 30.8 Å². The van der Waals surface area contributed by atoms with Gasteiger partial charge in [-0.05, 0) is 40.0 Å². The average molecular weight is 193 g/mol. The highest BCUT2D eigenvalue weighted by Crippen LogP contribution is 2.47. The number of nitrogen functional groups attached to an aromatic ring is 1. The zero-order valence-corrected chi connectivity index (χ0v) is 8.33. The maximum Gasteiger partial charge on any atom is 0.0320 e. The van der Waals surface area contributed by atoms with Crippen molar-refractivity contribution in [3.8, 4) is 11.1 Å². The number of benzene rings is 2. The Kier molecular flexibility index (Phi) is 1.51. The van der Waals surface area contributed by atoms with Crippen LogP contribution in [0.1, 0.15) is 11.1 Å². The van der Waals surface area contributed by atoms with Gasteiger partial charge in [-0.15, -0.1) is 0 Å². The summed E-state index contributed by atoms with van der Waals surface area (Å²) in [6.45, 7) is 4.01. The number of nitrogens with two attached hydrogens (primary N) is 1. The van der Waals surface area contributed by atoms with Crippen molar-refractivity contribution in [3.63, 3.8) is 0 Å². The predicted molar refractivity (Wildman–Crippen MR) is 64.4 cm³/mol. The molecule has 0 atom stereocenters. The third-order valence-corrected chi connectivity index (χ3v) is 2.83. The second-order valence-corrected chi connectivity index (χ2v) is 3.83. The van der Waals surface area contributed by atoms with Gasteiger partial charge in [-0.3, -0.25) is 0 Å². The molecule has 0 saturated carbocycles. The predicted octanol–water partition coefficient (Wildman–Crippen LogP) is 3.31. The van der Waals surface area contributed by atoms with Gasteiger partial charge < -0.3 is 5.73 Å². The summed E-state index contributed by atoms with van der Waals surface area (Å²) in [7, 11) is 0. The van der Waals surface area contributed by atoms with E-state index in [0.29, 0.717) is 0 Å². The van der Waals surface area contributed by atoms with Crippen LogP contribution in [0.4, 0.5) is 5.69 Å². The first-order chi connectivity index (χ1) is 7.27. The molecular formula is C14H11N. The molecule has 0 unspecified atom stereocenters. The van der Waals surface area contributed by atoms with Gasteiger partial charge in [0.2, 0.25) is 0 Å². The minimum absolute atomic E-state index is 0.802. The van der Waals surface area contributed by atoms with Crippen LogP contribution in [0.5, 0.6) is 0 Å². The van der Waals surface area contributed by atoms with Gasteiger partial charge in [0, 0.05) is 5.69 Å². The van der Waals surface area contributed by atoms with Gasteiger partial charge in [-0.1, -0.05) is 36.9 Å². The fourth-order valence-corrected chi connectivity index (χ4v) is 2.01. The maximum atomic E-state index is 5.78. The molecule has 15 heavy (non-hydrogen) atoms. The van der Waals surface area contributed by atoms with E-state index >= 15 is 0 Å². The molecule has 72 valence electrons. The SMILES string of the molecule is C=C1c2cccc(-c3cccc(N)c3)c21. The Morgan fingerprint density at radius 1 is 0.933 bits per heavy atom. The number of rotatable bonds is 1. The van der Waals surface area contributed by atoms with Crippen molar-refractivity contribution in [1.82, 2.24) is 0 Å². The summed E-state index contributed by atoms with van der Waals surface area (Å²) in [5.74, 6) is 0. The lowest BCUT2D eigenvalue weighted by Crippen LogP contribution is -1.84. The number of hydrogen-bond acceptors (Lipinski definition) is 1. The Morgan fingerprint density at radius 3 is 2.47 bits per heavy atom. The van der Waals surface area contributed by atoms with Crippen molar-refractivity contribution in [1.29, 1.82) is 0 Å². The first-order valence-corrected chi connectivity index (χ1v) is 4.96. The third kappa shape index (κ3) is 1.17. The van der Waals surface area contributed by atoms with E-state index in [-0.39, 0.29) is 0 Å². The molecule has 1 heteroatoms. The zero-order chi connectivity index (χ0) is 10.4. The van der Waals surface area contributed by atoms with Crippen LogP contribution in [-0.2, 0) is 0 Å². The van der Waals surface area contributed by atoms with Gasteiger partial charge in [0.15, 0.2) is 0 Å². The molecule has 0 aliphatic heterocycles. The Hall–Kier alpha value is -2.02. The molecular weight excluding hydrogens is 182 g/mol. The summed E-state index contributed by atoms with van der Waals surface area (Å²) < 4.78 is 0. The lowest BCUT2D eigenvalue weighted by Gasteiger charge is -2.01. The summed E-state index contributed by atoms with van der Waals surface area (Å²) in [6.07, 6.45) is 0. The van der Waals surface area contributed by atoms with Crippen LogP contribution in [0.3, 0.4) is 0 Å². The summed E-state index contributed by atoms with van der Waals surface area (Å²) in [6, 6.07) is 14.3. The Morgan fingerprint density at radius 2 is 1.67 bits per heavy atom. The summed E-state index contributed by atoms with van der Waals surface area (Å²) in [4.78, 5) is 0. The normalized spacial score (nSPS) is 12.4. The quantitative estimate of drug-likeness (QED) is 0.589. The molecule has 0 saturated heterocycles. The van der Waals surface area contributed by atoms with Crippen molar-refractivity contribution >= 4 is 11.3 Å². The highest BCUT2D eigenvalue weighted by molar-refractivity contribution is 6.05. The van der Waals surface area contributed by atoms with Crippen molar-refractivity contribution in [2.75, 3.05) is 5.73 Å². The summed E-state index contributed by atoms with van der Waals surface area (Å²) in [5, 5.41) is 0. The smallest absolute Gasteiger partial charge is 0.0320 e. The van der Waals surface area contributed by atoms with Crippen molar-refractivity contribution in [2.45, 2.75) is 0 Å². The van der Waals surface area contributed by atoms with E-state index in [1.807, 2.05) is 18.2 Å². The summed E-state index contributed by atoms with van der Waals surface area (Å²) in [5.41, 5.74) is 12.7. The van der Waals surface area contributed by atoms with Crippen LogP contribution >= 0.6 is 0 Å². The lowest BCUT2D eigenvalue weighted by atomic mass is 10.0. The average Bonchev–Trinajstić information content (AvgIpc) is 2.90. The molecule has 0 heterocycles. The summed E-state index contributed by atoms with van der Waals surface area (Å²) >= 11 is 0. The Bertz CT molecular complexity index is 567. The van der Waals surface area contributed by atoms with Crippen LogP contribution in [0.2, 0.25) is 0 Å². The molecule has 0 amide bonds. The van der Waals surface area contributed by atoms with Gasteiger partial charge in [-0.25, -0.2) is 0 Å². The molecule has 0 spiro atoms. The van der Waals surface area contributed by atoms with Gasteiger partial charge in [-0.2, -0.15) is 0 Å². The van der Waals surface area contributed by atoms with Gasteiger partial charge in [0.25, 0.3) is 0 Å². The fourth-order valence-electron chi connectivity index (χ4n) is 2.01. The van der Waals surface area contributed by atoms with Gasteiger partial charge in [0.05, 0.1) is 0 Å². The molecule has 0 fully saturated rings. The molecule has 0 aromatic heterocycles. The standard InChI is InChI=1S/C14H11N/c1-9-12-6-3-7-13(14(9)12)10-4-2-5-11(15)8-10/h2-8H,1,15H2. The minimum Gasteiger partial charge on any atom is -0.399 e. The second-order valence-electron chi connectivity index (χ2n) is 3.83. The first-order valence-electron chi connectivity index (χ1n) is 4.96. The molecule has 0 radical (unpaired) electrons. The monoisotopic (exact) mass is 193 g/mol. The third-order valence-electron chi connectivity index (χ3n) is 2.83. The molecule has 2 aromatic carbocycles. The molecule has 3 rings (SSSR count). The van der Waals surface area contributed by atoms with Crippen molar-refractivity contribution in [3.05, 3.63) is 60.2 Å². The highest BCUT2D eigenvalue weighted by atomic mass is 14.5. The van der Waals surface area contributed by atoms with Crippen LogP contribution in [0, 0.1) is 0 Å². The molecule has 1 nitrogen and oxygen atoms in total. The molecule has 2 N–H and O–H groups in total. The van der Waals surface area contributed by atoms with E-state index in [9.17, 15) is 0 Å². The fraction of sp³-hybridized carbons (Fsp3) is 0. The molecule has 0 bridgehead atoms. The van der Waals surface area contributed by atoms with E-state index in [1.165, 1.54) is 22.3 Å². The van der Waals surface area contributed by atoms with Crippen LogP contribution in [0.15, 0.2) is 49.0 Å². The minimum atomic E-state index is 0.802. The Labute approximate surface area is 88.9 Å². The van der Waals surface area contributed by atoms with Crippen LogP contribution in [0.25, 0.3) is 16.7 Å². The van der Waals surface area contributed by atoms with E-state index < -0.39 is 0 Å². The van der Waals surface area contributed by atoms with E-state index in [1.54, 1.807) is 0 Å². The topological polar surface area (TPSA) is 26.0 Å². The maximum absolute atomic E-state index is 5.78. The lowest BCUT2D eigenvalue weighted by molar-refractivity contribution is 1.63. The zero-order valence-electron chi connectivity index (χ0n) is 8.33. The molecule has 1 aliphatic carbocycles. The molecule has 1 aliphatic rings. The molecule has 2 aromatic rings. The number of anilines is 1. The first kappa shape index (κ1) is 8.30. The number of hydrogen-bond donors (Lipinski definition) is 1. The van der Waals surface area contributed by atoms with Crippen molar-refractivity contribution < 1.29 is 0 Å². The van der Waals surface area contributed by atoms with Crippen molar-refractivity contribution in [2.24, 2.45) is 0 Å². The number of fused-ring (bicyclic) bond motifs is 1. The highest BCUT2D eigenvalue weighted by Gasteiger charge is 2.26. The van der Waals surface area contributed by atoms with Gasteiger partial charge >= 0.3 is 0 Å².